The monoisotopic (exact) mass is 257 g/mol. The molecule has 1 aromatic heterocycles. The normalized spacial score (nSPS) is 10.8. The van der Waals surface area contributed by atoms with E-state index in [0.717, 1.165) is 6.07 Å². The third-order valence-electron chi connectivity index (χ3n) is 1.15. The number of aromatic hydroxyl groups is 1. The molecule has 1 rings (SSSR count). The van der Waals surface area contributed by atoms with E-state index in [4.69, 9.17) is 16.7 Å². The molecule has 0 radical (unpaired) electrons. The molecule has 12 heavy (non-hydrogen) atoms. The van der Waals surface area contributed by atoms with Crippen LogP contribution >= 0.6 is 27.5 Å². The van der Waals surface area contributed by atoms with Crippen molar-refractivity contribution in [3.63, 3.8) is 0 Å². The summed E-state index contributed by atoms with van der Waals surface area (Å²) in [6, 6.07) is 1.02. The summed E-state index contributed by atoms with van der Waals surface area (Å²) in [5, 5.41) is 8.69. The molecule has 66 valence electrons. The third-order valence-corrected chi connectivity index (χ3v) is 2.02. The first-order valence-corrected chi connectivity index (χ1v) is 4.02. The predicted octanol–water partition coefficient (Wildman–Crippen LogP) is 3.14. The smallest absolute Gasteiger partial charge is 0.280 e. The summed E-state index contributed by atoms with van der Waals surface area (Å²) >= 11 is 8.20. The maximum absolute atomic E-state index is 12.0. The SMILES string of the molecule is Oc1c(Br)cc(C(F)F)nc1Cl. The molecule has 1 heterocycles. The van der Waals surface area contributed by atoms with Gasteiger partial charge in [-0.05, 0) is 22.0 Å². The Balaban J connectivity index is 3.21. The number of hydrogen-bond donors (Lipinski definition) is 1. The quantitative estimate of drug-likeness (QED) is 0.785. The van der Waals surface area contributed by atoms with Gasteiger partial charge in [0.1, 0.15) is 5.69 Å². The highest BCUT2D eigenvalue weighted by molar-refractivity contribution is 9.10. The van der Waals surface area contributed by atoms with Gasteiger partial charge in [0.05, 0.1) is 4.47 Å². The third kappa shape index (κ3) is 1.84. The number of aromatic nitrogens is 1. The van der Waals surface area contributed by atoms with Crippen LogP contribution in [0.5, 0.6) is 5.75 Å². The Kier molecular flexibility index (Phi) is 2.85. The van der Waals surface area contributed by atoms with Gasteiger partial charge in [-0.1, -0.05) is 11.6 Å². The second-order valence-electron chi connectivity index (χ2n) is 1.97. The molecule has 1 aromatic rings. The Morgan fingerprint density at radius 1 is 1.58 bits per heavy atom. The maximum Gasteiger partial charge on any atom is 0.280 e. The van der Waals surface area contributed by atoms with Crippen molar-refractivity contribution in [2.45, 2.75) is 6.43 Å². The van der Waals surface area contributed by atoms with Gasteiger partial charge in [0.2, 0.25) is 0 Å². The van der Waals surface area contributed by atoms with E-state index in [-0.39, 0.29) is 15.4 Å². The first-order chi connectivity index (χ1) is 5.52. The summed E-state index contributed by atoms with van der Waals surface area (Å²) in [4.78, 5) is 3.27. The Morgan fingerprint density at radius 3 is 2.58 bits per heavy atom. The lowest BCUT2D eigenvalue weighted by Gasteiger charge is -2.02. The van der Waals surface area contributed by atoms with Crippen LogP contribution in [-0.4, -0.2) is 10.1 Å². The van der Waals surface area contributed by atoms with E-state index in [1.807, 2.05) is 0 Å². The van der Waals surface area contributed by atoms with Gasteiger partial charge >= 0.3 is 0 Å². The van der Waals surface area contributed by atoms with Gasteiger partial charge in [-0.2, -0.15) is 0 Å². The molecule has 1 N–H and O–H groups in total. The molecule has 0 atom stereocenters. The second-order valence-corrected chi connectivity index (χ2v) is 3.18. The van der Waals surface area contributed by atoms with Gasteiger partial charge in [0.15, 0.2) is 10.9 Å². The lowest BCUT2D eigenvalue weighted by atomic mass is 10.3. The van der Waals surface area contributed by atoms with E-state index in [2.05, 4.69) is 20.9 Å². The van der Waals surface area contributed by atoms with E-state index in [1.165, 1.54) is 0 Å². The number of rotatable bonds is 1. The fourth-order valence-corrected chi connectivity index (χ4v) is 1.34. The number of hydrogen-bond acceptors (Lipinski definition) is 2. The van der Waals surface area contributed by atoms with Crippen molar-refractivity contribution >= 4 is 27.5 Å². The zero-order valence-electron chi connectivity index (χ0n) is 5.56. The fourth-order valence-electron chi connectivity index (χ4n) is 0.607. The van der Waals surface area contributed by atoms with Crippen molar-refractivity contribution < 1.29 is 13.9 Å². The van der Waals surface area contributed by atoms with Crippen LogP contribution in [0.4, 0.5) is 8.78 Å². The van der Waals surface area contributed by atoms with Crippen molar-refractivity contribution in [3.8, 4) is 5.75 Å². The number of nitrogens with zero attached hydrogens (tertiary/aromatic N) is 1. The van der Waals surface area contributed by atoms with Crippen LogP contribution in [0.25, 0.3) is 0 Å². The Hall–Kier alpha value is -0.420. The van der Waals surface area contributed by atoms with E-state index in [0.29, 0.717) is 0 Å². The van der Waals surface area contributed by atoms with Crippen LogP contribution in [0.1, 0.15) is 12.1 Å². The van der Waals surface area contributed by atoms with E-state index < -0.39 is 12.1 Å². The molecule has 6 heteroatoms. The number of alkyl halides is 2. The summed E-state index contributed by atoms with van der Waals surface area (Å²) in [6.07, 6.45) is -2.70. The molecule has 0 saturated heterocycles. The predicted molar refractivity (Wildman–Crippen MR) is 43.6 cm³/mol. The highest BCUT2D eigenvalue weighted by Gasteiger charge is 2.14. The lowest BCUT2D eigenvalue weighted by molar-refractivity contribution is 0.146. The Morgan fingerprint density at radius 2 is 2.17 bits per heavy atom. The summed E-state index contributed by atoms with van der Waals surface area (Å²) in [7, 11) is 0. The van der Waals surface area contributed by atoms with Crippen LogP contribution in [0.3, 0.4) is 0 Å². The molecule has 0 unspecified atom stereocenters. The van der Waals surface area contributed by atoms with E-state index in [1.54, 1.807) is 0 Å². The van der Waals surface area contributed by atoms with Crippen molar-refractivity contribution in [1.82, 2.24) is 4.98 Å². The average Bonchev–Trinajstić information content (AvgIpc) is 1.99. The summed E-state index contributed by atoms with van der Waals surface area (Å²) < 4.78 is 24.2. The van der Waals surface area contributed by atoms with E-state index >= 15 is 0 Å². The molecule has 0 aliphatic heterocycles. The minimum absolute atomic E-state index is 0.109. The zero-order valence-corrected chi connectivity index (χ0v) is 7.90. The van der Waals surface area contributed by atoms with Crippen LogP contribution < -0.4 is 0 Å². The highest BCUT2D eigenvalue weighted by Crippen LogP contribution is 2.33. The largest absolute Gasteiger partial charge is 0.504 e. The average molecular weight is 258 g/mol. The molecular weight excluding hydrogens is 255 g/mol. The molecule has 0 aliphatic carbocycles. The molecular formula is C6H3BrClF2NO. The lowest BCUT2D eigenvalue weighted by Crippen LogP contribution is -1.90. The van der Waals surface area contributed by atoms with Gasteiger partial charge in [-0.25, -0.2) is 13.8 Å². The van der Waals surface area contributed by atoms with Gasteiger partial charge in [0.25, 0.3) is 6.43 Å². The van der Waals surface area contributed by atoms with Crippen LogP contribution in [0, 0.1) is 0 Å². The first-order valence-electron chi connectivity index (χ1n) is 2.85. The Labute approximate surface area is 80.3 Å². The van der Waals surface area contributed by atoms with Crippen molar-refractivity contribution in [2.75, 3.05) is 0 Å². The van der Waals surface area contributed by atoms with Gasteiger partial charge < -0.3 is 5.11 Å². The highest BCUT2D eigenvalue weighted by atomic mass is 79.9. The standard InChI is InChI=1S/C6H3BrClF2NO/c7-2-1-3(6(9)10)11-5(8)4(2)12/h1,6,12H. The summed E-state index contributed by atoms with van der Waals surface area (Å²) in [5.41, 5.74) is -0.468. The van der Waals surface area contributed by atoms with Crippen molar-refractivity contribution in [3.05, 3.63) is 21.4 Å². The van der Waals surface area contributed by atoms with Crippen LogP contribution in [0.15, 0.2) is 10.5 Å². The zero-order chi connectivity index (χ0) is 9.30. The number of pyridine rings is 1. The number of halogens is 4. The van der Waals surface area contributed by atoms with Crippen LogP contribution in [-0.2, 0) is 0 Å². The Bertz CT molecular complexity index is 285. The molecule has 0 saturated carbocycles. The van der Waals surface area contributed by atoms with Gasteiger partial charge in [-0.3, -0.25) is 0 Å². The first kappa shape index (κ1) is 9.67. The van der Waals surface area contributed by atoms with Gasteiger partial charge in [0, 0.05) is 0 Å². The van der Waals surface area contributed by atoms with Crippen molar-refractivity contribution in [2.24, 2.45) is 0 Å². The summed E-state index contributed by atoms with van der Waals surface area (Å²) in [6.45, 7) is 0. The van der Waals surface area contributed by atoms with Crippen molar-refractivity contribution in [1.29, 1.82) is 0 Å². The fraction of sp³-hybridized carbons (Fsp3) is 0.167. The molecule has 0 spiro atoms. The van der Waals surface area contributed by atoms with Gasteiger partial charge in [-0.15, -0.1) is 0 Å². The minimum atomic E-state index is -2.70. The maximum atomic E-state index is 12.0. The topological polar surface area (TPSA) is 33.1 Å². The molecule has 0 aromatic carbocycles. The molecule has 0 amide bonds. The summed E-state index contributed by atoms with van der Waals surface area (Å²) in [5.74, 6) is -0.332. The molecule has 0 fully saturated rings. The molecule has 0 bridgehead atoms. The minimum Gasteiger partial charge on any atom is -0.504 e. The second kappa shape index (κ2) is 3.53. The van der Waals surface area contributed by atoms with E-state index in [9.17, 15) is 8.78 Å². The molecule has 0 aliphatic rings. The molecule has 2 nitrogen and oxygen atoms in total. The van der Waals surface area contributed by atoms with Crippen LogP contribution in [0.2, 0.25) is 5.15 Å².